The van der Waals surface area contributed by atoms with Gasteiger partial charge in [0.05, 0.1) is 13.0 Å². The predicted molar refractivity (Wildman–Crippen MR) is 135 cm³/mol. The Labute approximate surface area is 206 Å². The molecule has 0 saturated carbocycles. The van der Waals surface area contributed by atoms with Gasteiger partial charge in [0.2, 0.25) is 0 Å². The third-order valence-electron chi connectivity index (χ3n) is 5.94. The lowest BCUT2D eigenvalue weighted by Gasteiger charge is -2.16. The van der Waals surface area contributed by atoms with Gasteiger partial charge in [0.1, 0.15) is 11.6 Å². The molecule has 35 heavy (non-hydrogen) atoms. The van der Waals surface area contributed by atoms with Gasteiger partial charge in [-0.25, -0.2) is 4.39 Å². The van der Waals surface area contributed by atoms with Gasteiger partial charge < -0.3 is 15.2 Å². The molecule has 0 fully saturated rings. The molecule has 0 bridgehead atoms. The van der Waals surface area contributed by atoms with Crippen LogP contribution in [0.15, 0.2) is 60.7 Å². The van der Waals surface area contributed by atoms with Crippen LogP contribution in [0.4, 0.5) is 4.39 Å². The van der Waals surface area contributed by atoms with Crippen LogP contribution >= 0.6 is 0 Å². The van der Waals surface area contributed by atoms with Crippen LogP contribution in [0.5, 0.6) is 5.75 Å². The highest BCUT2D eigenvalue weighted by Gasteiger charge is 2.11. The molecule has 3 aromatic rings. The molecule has 1 atom stereocenters. The molecule has 0 aliphatic rings. The standard InChI is InChI=1S/C29H32FNO4/c1-19(4-5-22-6-8-24(9-7-22)29(34)31-15-14-27(32)33)18-35-26-16-20(2)28(21(3)17-26)23-10-12-25(30)13-11-23/h6-13,16-17,19H,4-5,14-15,18H2,1-3H3,(H,31,34)(H,32,33). The van der Waals surface area contributed by atoms with E-state index in [1.807, 2.05) is 38.1 Å². The summed E-state index contributed by atoms with van der Waals surface area (Å²) in [6.07, 6.45) is 1.71. The number of hydrogen-bond donors (Lipinski definition) is 2. The van der Waals surface area contributed by atoms with Gasteiger partial charge in [-0.2, -0.15) is 0 Å². The number of carbonyl (C=O) groups excluding carboxylic acids is 1. The second kappa shape index (κ2) is 12.2. The Kier molecular flexibility index (Phi) is 9.01. The number of carboxylic acids is 1. The molecule has 0 aliphatic carbocycles. The summed E-state index contributed by atoms with van der Waals surface area (Å²) in [7, 11) is 0. The number of rotatable bonds is 11. The normalized spacial score (nSPS) is 11.7. The Hall–Kier alpha value is -3.67. The highest BCUT2D eigenvalue weighted by Crippen LogP contribution is 2.31. The first-order valence-corrected chi connectivity index (χ1v) is 11.8. The molecule has 6 heteroatoms. The highest BCUT2D eigenvalue weighted by molar-refractivity contribution is 5.94. The number of hydrogen-bond acceptors (Lipinski definition) is 3. The molecule has 1 amide bonds. The number of carboxylic acid groups (broad SMARTS) is 1. The van der Waals surface area contributed by atoms with Gasteiger partial charge in [0.25, 0.3) is 5.91 Å². The zero-order valence-corrected chi connectivity index (χ0v) is 20.4. The van der Waals surface area contributed by atoms with Gasteiger partial charge in [-0.1, -0.05) is 31.2 Å². The first-order valence-electron chi connectivity index (χ1n) is 11.8. The molecule has 3 aromatic carbocycles. The molecular formula is C29H32FNO4. The van der Waals surface area contributed by atoms with Gasteiger partial charge in [0, 0.05) is 12.1 Å². The number of nitrogens with one attached hydrogen (secondary N) is 1. The zero-order chi connectivity index (χ0) is 25.4. The summed E-state index contributed by atoms with van der Waals surface area (Å²) in [5, 5.41) is 11.3. The van der Waals surface area contributed by atoms with Crippen LogP contribution in [-0.4, -0.2) is 30.1 Å². The Morgan fingerprint density at radius 1 is 1.00 bits per heavy atom. The van der Waals surface area contributed by atoms with Gasteiger partial charge >= 0.3 is 5.97 Å². The van der Waals surface area contributed by atoms with Crippen LogP contribution in [0.1, 0.15) is 46.8 Å². The topological polar surface area (TPSA) is 75.6 Å². The lowest BCUT2D eigenvalue weighted by molar-refractivity contribution is -0.136. The van der Waals surface area contributed by atoms with E-state index in [4.69, 9.17) is 9.84 Å². The lowest BCUT2D eigenvalue weighted by atomic mass is 9.95. The molecule has 0 spiro atoms. The molecule has 0 saturated heterocycles. The van der Waals surface area contributed by atoms with E-state index in [-0.39, 0.29) is 24.7 Å². The Bertz CT molecular complexity index is 1130. The average Bonchev–Trinajstić information content (AvgIpc) is 2.82. The van der Waals surface area contributed by atoms with Crippen molar-refractivity contribution in [3.63, 3.8) is 0 Å². The largest absolute Gasteiger partial charge is 0.493 e. The van der Waals surface area contributed by atoms with Crippen molar-refractivity contribution in [2.24, 2.45) is 5.92 Å². The molecule has 0 radical (unpaired) electrons. The predicted octanol–water partition coefficient (Wildman–Crippen LogP) is 5.96. The van der Waals surface area contributed by atoms with Crippen LogP contribution in [0, 0.1) is 25.6 Å². The van der Waals surface area contributed by atoms with Crippen LogP contribution in [0.25, 0.3) is 11.1 Å². The van der Waals surface area contributed by atoms with Gasteiger partial charge in [0.15, 0.2) is 0 Å². The van der Waals surface area contributed by atoms with E-state index in [0.29, 0.717) is 18.1 Å². The summed E-state index contributed by atoms with van der Waals surface area (Å²) in [5.41, 5.74) is 5.92. The van der Waals surface area contributed by atoms with E-state index in [2.05, 4.69) is 12.2 Å². The molecule has 1 unspecified atom stereocenters. The number of amides is 1. The minimum atomic E-state index is -0.939. The van der Waals surface area contributed by atoms with E-state index < -0.39 is 5.97 Å². The molecule has 0 aromatic heterocycles. The summed E-state index contributed by atoms with van der Waals surface area (Å²) in [5.74, 6) is -0.281. The monoisotopic (exact) mass is 477 g/mol. The molecular weight excluding hydrogens is 445 g/mol. The van der Waals surface area contributed by atoms with Crippen molar-refractivity contribution in [1.29, 1.82) is 0 Å². The summed E-state index contributed by atoms with van der Waals surface area (Å²) in [6.45, 7) is 6.94. The maximum Gasteiger partial charge on any atom is 0.305 e. The van der Waals surface area contributed by atoms with Crippen LogP contribution in [-0.2, 0) is 11.2 Å². The second-order valence-electron chi connectivity index (χ2n) is 8.99. The first kappa shape index (κ1) is 25.9. The SMILES string of the molecule is Cc1cc(OCC(C)CCc2ccc(C(=O)NCCC(=O)O)cc2)cc(C)c1-c1ccc(F)cc1. The summed E-state index contributed by atoms with van der Waals surface area (Å²) < 4.78 is 19.4. The fourth-order valence-corrected chi connectivity index (χ4v) is 4.02. The number of aryl methyl sites for hydroxylation is 3. The molecule has 3 rings (SSSR count). The van der Waals surface area contributed by atoms with Crippen molar-refractivity contribution in [2.75, 3.05) is 13.2 Å². The van der Waals surface area contributed by atoms with Gasteiger partial charge in [-0.15, -0.1) is 0 Å². The summed E-state index contributed by atoms with van der Waals surface area (Å²) >= 11 is 0. The zero-order valence-electron chi connectivity index (χ0n) is 20.4. The van der Waals surface area contributed by atoms with Crippen LogP contribution in [0.2, 0.25) is 0 Å². The lowest BCUT2D eigenvalue weighted by Crippen LogP contribution is -2.25. The fourth-order valence-electron chi connectivity index (χ4n) is 4.02. The van der Waals surface area contributed by atoms with E-state index >= 15 is 0 Å². The van der Waals surface area contributed by atoms with Gasteiger partial charge in [-0.05, 0) is 96.8 Å². The number of aliphatic carboxylic acids is 1. The summed E-state index contributed by atoms with van der Waals surface area (Å²) in [4.78, 5) is 22.6. The number of carbonyl (C=O) groups is 2. The maximum absolute atomic E-state index is 13.3. The van der Waals surface area contributed by atoms with E-state index in [0.717, 1.165) is 46.4 Å². The quantitative estimate of drug-likeness (QED) is 0.357. The molecule has 2 N–H and O–H groups in total. The van der Waals surface area contributed by atoms with Gasteiger partial charge in [-0.3, -0.25) is 9.59 Å². The molecule has 0 heterocycles. The van der Waals surface area contributed by atoms with Crippen LogP contribution in [0.3, 0.4) is 0 Å². The van der Waals surface area contributed by atoms with Crippen molar-refractivity contribution >= 4 is 11.9 Å². The smallest absolute Gasteiger partial charge is 0.305 e. The second-order valence-corrected chi connectivity index (χ2v) is 8.99. The molecule has 184 valence electrons. The maximum atomic E-state index is 13.3. The third kappa shape index (κ3) is 7.67. The number of benzene rings is 3. The number of halogens is 1. The Morgan fingerprint density at radius 3 is 2.23 bits per heavy atom. The van der Waals surface area contributed by atoms with Crippen molar-refractivity contribution in [3.8, 4) is 16.9 Å². The highest BCUT2D eigenvalue weighted by atomic mass is 19.1. The molecule has 0 aliphatic heterocycles. The Balaban J connectivity index is 1.49. The minimum Gasteiger partial charge on any atom is -0.493 e. The Morgan fingerprint density at radius 2 is 1.63 bits per heavy atom. The van der Waals surface area contributed by atoms with Crippen molar-refractivity contribution in [1.82, 2.24) is 5.32 Å². The minimum absolute atomic E-state index is 0.0959. The fraction of sp³-hybridized carbons (Fsp3) is 0.310. The number of ether oxygens (including phenoxy) is 1. The van der Waals surface area contributed by atoms with E-state index in [1.54, 1.807) is 24.3 Å². The third-order valence-corrected chi connectivity index (χ3v) is 5.94. The first-order chi connectivity index (χ1) is 16.7. The van der Waals surface area contributed by atoms with E-state index in [9.17, 15) is 14.0 Å². The summed E-state index contributed by atoms with van der Waals surface area (Å²) in [6, 6.07) is 18.0. The average molecular weight is 478 g/mol. The van der Waals surface area contributed by atoms with Crippen molar-refractivity contribution < 1.29 is 23.8 Å². The van der Waals surface area contributed by atoms with Crippen LogP contribution < -0.4 is 10.1 Å². The molecule has 5 nitrogen and oxygen atoms in total. The van der Waals surface area contributed by atoms with E-state index in [1.165, 1.54) is 12.1 Å². The van der Waals surface area contributed by atoms with Crippen molar-refractivity contribution in [3.05, 3.63) is 88.7 Å². The van der Waals surface area contributed by atoms with Crippen molar-refractivity contribution in [2.45, 2.75) is 40.0 Å².